The lowest BCUT2D eigenvalue weighted by Gasteiger charge is -2.32. The fourth-order valence-electron chi connectivity index (χ4n) is 2.74. The van der Waals surface area contributed by atoms with Crippen LogP contribution in [0.2, 0.25) is 0 Å². The summed E-state index contributed by atoms with van der Waals surface area (Å²) < 4.78 is 42.0. The SMILES string of the molecule is Cc1c([C@@H](C)N[S@@+]([O-])C(C)(C)C)ccc(B2OC(C)(C)C(C)(C)O2)c1F. The predicted molar refractivity (Wildman–Crippen MR) is 106 cm³/mol. The average molecular weight is 383 g/mol. The highest BCUT2D eigenvalue weighted by Crippen LogP contribution is 2.37. The van der Waals surface area contributed by atoms with Crippen LogP contribution in [0.25, 0.3) is 0 Å². The zero-order valence-electron chi connectivity index (χ0n) is 17.3. The second-order valence-corrected chi connectivity index (χ2v) is 11.0. The molecule has 26 heavy (non-hydrogen) atoms. The molecule has 1 N–H and O–H groups in total. The van der Waals surface area contributed by atoms with E-state index >= 15 is 4.39 Å². The van der Waals surface area contributed by atoms with Crippen molar-refractivity contribution in [3.63, 3.8) is 0 Å². The van der Waals surface area contributed by atoms with Crippen LogP contribution in [-0.2, 0) is 20.7 Å². The summed E-state index contributed by atoms with van der Waals surface area (Å²) in [5, 5.41) is 0. The van der Waals surface area contributed by atoms with Gasteiger partial charge < -0.3 is 13.9 Å². The van der Waals surface area contributed by atoms with Gasteiger partial charge in [0.15, 0.2) is 0 Å². The van der Waals surface area contributed by atoms with Crippen LogP contribution >= 0.6 is 0 Å². The number of hydrogen-bond acceptors (Lipinski definition) is 4. The molecule has 0 bridgehead atoms. The average Bonchev–Trinajstić information content (AvgIpc) is 2.68. The fraction of sp³-hybridized carbons (Fsp3) is 0.684. The molecule has 1 aromatic carbocycles. The summed E-state index contributed by atoms with van der Waals surface area (Å²) in [5.41, 5.74) is 0.655. The molecule has 1 aliphatic heterocycles. The molecule has 1 aliphatic rings. The van der Waals surface area contributed by atoms with Gasteiger partial charge in [0.25, 0.3) is 0 Å². The minimum Gasteiger partial charge on any atom is -0.598 e. The molecule has 1 saturated heterocycles. The zero-order valence-corrected chi connectivity index (χ0v) is 18.1. The van der Waals surface area contributed by atoms with E-state index in [1.165, 1.54) is 0 Å². The lowest BCUT2D eigenvalue weighted by atomic mass is 9.77. The molecule has 1 aromatic rings. The van der Waals surface area contributed by atoms with Crippen molar-refractivity contribution in [2.45, 2.75) is 84.3 Å². The summed E-state index contributed by atoms with van der Waals surface area (Å²) >= 11 is -1.23. The summed E-state index contributed by atoms with van der Waals surface area (Å²) in [6.45, 7) is 17.1. The van der Waals surface area contributed by atoms with Crippen molar-refractivity contribution in [1.29, 1.82) is 0 Å². The first-order valence-electron chi connectivity index (χ1n) is 9.00. The van der Waals surface area contributed by atoms with E-state index in [-0.39, 0.29) is 16.6 Å². The van der Waals surface area contributed by atoms with Crippen LogP contribution in [0.1, 0.15) is 72.6 Å². The normalized spacial score (nSPS) is 21.7. The lowest BCUT2D eigenvalue weighted by molar-refractivity contribution is 0.00578. The lowest BCUT2D eigenvalue weighted by Crippen LogP contribution is -2.41. The first kappa shape index (κ1) is 21.7. The monoisotopic (exact) mass is 383 g/mol. The van der Waals surface area contributed by atoms with Gasteiger partial charge in [-0.3, -0.25) is 0 Å². The van der Waals surface area contributed by atoms with Crippen molar-refractivity contribution in [1.82, 2.24) is 4.72 Å². The van der Waals surface area contributed by atoms with Crippen molar-refractivity contribution < 1.29 is 18.3 Å². The molecule has 146 valence electrons. The molecule has 7 heteroatoms. The molecular weight excluding hydrogens is 352 g/mol. The Kier molecular flexibility index (Phi) is 5.92. The number of benzene rings is 1. The van der Waals surface area contributed by atoms with Gasteiger partial charge in [-0.1, -0.05) is 12.1 Å². The van der Waals surface area contributed by atoms with Gasteiger partial charge in [-0.15, -0.1) is 4.72 Å². The van der Waals surface area contributed by atoms with E-state index in [1.54, 1.807) is 13.0 Å². The smallest absolute Gasteiger partial charge is 0.497 e. The summed E-state index contributed by atoms with van der Waals surface area (Å²) in [5.74, 6) is -0.337. The Hall–Kier alpha value is -0.595. The summed E-state index contributed by atoms with van der Waals surface area (Å²) in [6.07, 6.45) is 0. The molecule has 2 rings (SSSR count). The number of hydrogen-bond donors (Lipinski definition) is 1. The molecule has 0 spiro atoms. The second kappa shape index (κ2) is 7.10. The van der Waals surface area contributed by atoms with Gasteiger partial charge in [0.05, 0.1) is 17.2 Å². The van der Waals surface area contributed by atoms with Crippen LogP contribution in [0.15, 0.2) is 12.1 Å². The molecule has 2 atom stereocenters. The number of halogens is 1. The minimum atomic E-state index is -1.23. The maximum Gasteiger partial charge on any atom is 0.497 e. The van der Waals surface area contributed by atoms with Gasteiger partial charge in [0.1, 0.15) is 10.6 Å². The molecule has 0 aromatic heterocycles. The Morgan fingerprint density at radius 2 is 1.65 bits per heavy atom. The summed E-state index contributed by atoms with van der Waals surface area (Å²) in [7, 11) is -0.736. The first-order valence-corrected chi connectivity index (χ1v) is 10.1. The predicted octanol–water partition coefficient (Wildman–Crippen LogP) is 3.55. The minimum absolute atomic E-state index is 0.239. The van der Waals surface area contributed by atoms with Gasteiger partial charge >= 0.3 is 7.12 Å². The topological polar surface area (TPSA) is 53.5 Å². The van der Waals surface area contributed by atoms with Crippen LogP contribution in [0, 0.1) is 12.7 Å². The van der Waals surface area contributed by atoms with E-state index in [2.05, 4.69) is 4.72 Å². The van der Waals surface area contributed by atoms with Crippen LogP contribution in [-0.4, -0.2) is 27.6 Å². The summed E-state index contributed by atoms with van der Waals surface area (Å²) in [6, 6.07) is 3.32. The quantitative estimate of drug-likeness (QED) is 0.638. The largest absolute Gasteiger partial charge is 0.598 e. The molecule has 0 amide bonds. The maximum absolute atomic E-state index is 15.1. The third-order valence-electron chi connectivity index (χ3n) is 5.27. The van der Waals surface area contributed by atoms with Crippen molar-refractivity contribution in [3.05, 3.63) is 29.1 Å². The Balaban J connectivity index is 2.27. The maximum atomic E-state index is 15.1. The molecule has 1 heterocycles. The van der Waals surface area contributed by atoms with Crippen LogP contribution in [0.4, 0.5) is 4.39 Å². The molecular formula is C19H31BFNO3S. The van der Waals surface area contributed by atoms with Crippen LogP contribution in [0.3, 0.4) is 0 Å². The van der Waals surface area contributed by atoms with Gasteiger partial charge in [0.2, 0.25) is 0 Å². The highest BCUT2D eigenvalue weighted by molar-refractivity contribution is 7.90. The third-order valence-corrected chi connectivity index (χ3v) is 6.95. The van der Waals surface area contributed by atoms with Crippen molar-refractivity contribution in [3.8, 4) is 0 Å². The Bertz CT molecular complexity index is 659. The zero-order chi connectivity index (χ0) is 20.1. The van der Waals surface area contributed by atoms with Gasteiger partial charge in [0, 0.05) is 16.8 Å². The van der Waals surface area contributed by atoms with Gasteiger partial charge in [-0.25, -0.2) is 4.39 Å². The Morgan fingerprint density at radius 3 is 2.12 bits per heavy atom. The van der Waals surface area contributed by atoms with Gasteiger partial charge in [-0.2, -0.15) is 0 Å². The number of rotatable bonds is 4. The van der Waals surface area contributed by atoms with E-state index < -0.39 is 29.7 Å². The Morgan fingerprint density at radius 1 is 1.15 bits per heavy atom. The van der Waals surface area contributed by atoms with Gasteiger partial charge in [-0.05, 0) is 73.4 Å². The van der Waals surface area contributed by atoms with Crippen molar-refractivity contribution in [2.24, 2.45) is 0 Å². The third kappa shape index (κ3) is 4.12. The highest BCUT2D eigenvalue weighted by atomic mass is 32.2. The first-order chi connectivity index (χ1) is 11.7. The van der Waals surface area contributed by atoms with E-state index in [9.17, 15) is 4.55 Å². The van der Waals surface area contributed by atoms with Crippen molar-refractivity contribution >= 4 is 23.9 Å². The van der Waals surface area contributed by atoms with E-state index in [1.807, 2.05) is 61.5 Å². The standard InChI is InChI=1S/C19H31BFNO3S/c1-12-14(13(2)22-26(23)17(3,4)5)10-11-15(16(12)21)20-24-18(6,7)19(8,9)25-20/h10-11,13,22H,1-9H3/t13-,26+/m1/s1. The molecule has 1 fully saturated rings. The Labute approximate surface area is 160 Å². The molecule has 0 saturated carbocycles. The second-order valence-electron chi connectivity index (χ2n) is 8.99. The molecule has 0 aliphatic carbocycles. The van der Waals surface area contributed by atoms with E-state index in [0.29, 0.717) is 11.0 Å². The van der Waals surface area contributed by atoms with Crippen LogP contribution in [0.5, 0.6) is 0 Å². The fourth-order valence-corrected chi connectivity index (χ4v) is 3.54. The van der Waals surface area contributed by atoms with Crippen LogP contribution < -0.4 is 10.2 Å². The highest BCUT2D eigenvalue weighted by Gasteiger charge is 2.52. The van der Waals surface area contributed by atoms with E-state index in [4.69, 9.17) is 9.31 Å². The molecule has 0 unspecified atom stereocenters. The van der Waals surface area contributed by atoms with Crippen molar-refractivity contribution in [2.75, 3.05) is 0 Å². The molecule has 0 radical (unpaired) electrons. The number of nitrogens with one attached hydrogen (secondary N) is 1. The van der Waals surface area contributed by atoms with E-state index in [0.717, 1.165) is 5.56 Å². The molecule has 4 nitrogen and oxygen atoms in total. The summed E-state index contributed by atoms with van der Waals surface area (Å²) in [4.78, 5) is 0.